The molecule has 0 radical (unpaired) electrons. The van der Waals surface area contributed by atoms with Crippen molar-refractivity contribution in [1.29, 1.82) is 0 Å². The summed E-state index contributed by atoms with van der Waals surface area (Å²) in [4.78, 5) is 13.9. The predicted molar refractivity (Wildman–Crippen MR) is 99.0 cm³/mol. The Labute approximate surface area is 146 Å². The van der Waals surface area contributed by atoms with Crippen LogP contribution in [-0.4, -0.2) is 26.5 Å². The lowest BCUT2D eigenvalue weighted by Crippen LogP contribution is -2.25. The third-order valence-electron chi connectivity index (χ3n) is 4.27. The molecule has 2 aromatic heterocycles. The molecule has 1 aliphatic rings. The molecule has 0 fully saturated rings. The van der Waals surface area contributed by atoms with Crippen molar-refractivity contribution in [1.82, 2.24) is 19.7 Å². The highest BCUT2D eigenvalue weighted by Gasteiger charge is 2.23. The smallest absolute Gasteiger partial charge is 0.268 e. The first-order valence-corrected chi connectivity index (χ1v) is 9.28. The van der Waals surface area contributed by atoms with Gasteiger partial charge in [0.05, 0.1) is 11.9 Å². The van der Waals surface area contributed by atoms with E-state index in [1.54, 1.807) is 28.8 Å². The van der Waals surface area contributed by atoms with Crippen LogP contribution < -0.4 is 5.32 Å². The fourth-order valence-corrected chi connectivity index (χ4v) is 3.82. The van der Waals surface area contributed by atoms with E-state index < -0.39 is 0 Å². The SMILES string of the molecule is C=Cn1ncc(CNC(=O)c2cc(SC)c3n2CCC3)c1/C=C\C. The van der Waals surface area contributed by atoms with Crippen LogP contribution in [0, 0.1) is 0 Å². The van der Waals surface area contributed by atoms with E-state index in [2.05, 4.69) is 27.8 Å². The second-order valence-electron chi connectivity index (χ2n) is 5.66. The van der Waals surface area contributed by atoms with Crippen molar-refractivity contribution in [2.75, 3.05) is 6.26 Å². The van der Waals surface area contributed by atoms with Crippen molar-refractivity contribution < 1.29 is 4.79 Å². The minimum Gasteiger partial charge on any atom is -0.347 e. The van der Waals surface area contributed by atoms with E-state index in [1.807, 2.05) is 25.1 Å². The lowest BCUT2D eigenvalue weighted by atomic mass is 10.2. The number of allylic oxidation sites excluding steroid dienone is 1. The summed E-state index contributed by atoms with van der Waals surface area (Å²) in [5.74, 6) is -0.0313. The van der Waals surface area contributed by atoms with Crippen LogP contribution in [0.15, 0.2) is 29.8 Å². The number of carbonyl (C=O) groups excluding carboxylic acids is 1. The Morgan fingerprint density at radius 3 is 3.08 bits per heavy atom. The Kier molecular flexibility index (Phi) is 4.94. The summed E-state index contributed by atoms with van der Waals surface area (Å²) in [6.07, 6.45) is 11.6. The molecule has 1 aliphatic heterocycles. The van der Waals surface area contributed by atoms with E-state index in [0.29, 0.717) is 6.54 Å². The van der Waals surface area contributed by atoms with E-state index in [1.165, 1.54) is 10.6 Å². The minimum atomic E-state index is -0.0313. The average molecular weight is 342 g/mol. The van der Waals surface area contributed by atoms with Gasteiger partial charge in [0.25, 0.3) is 5.91 Å². The number of thioether (sulfide) groups is 1. The molecule has 24 heavy (non-hydrogen) atoms. The topological polar surface area (TPSA) is 51.9 Å². The molecule has 2 aromatic rings. The van der Waals surface area contributed by atoms with Gasteiger partial charge in [-0.1, -0.05) is 12.7 Å². The van der Waals surface area contributed by atoms with Crippen molar-refractivity contribution in [3.05, 3.63) is 47.6 Å². The molecule has 3 rings (SSSR count). The van der Waals surface area contributed by atoms with Crippen molar-refractivity contribution in [3.8, 4) is 0 Å². The van der Waals surface area contributed by atoms with Crippen LogP contribution in [0.1, 0.15) is 40.8 Å². The summed E-state index contributed by atoms with van der Waals surface area (Å²) < 4.78 is 3.86. The fraction of sp³-hybridized carbons (Fsp3) is 0.333. The molecule has 0 unspecified atom stereocenters. The minimum absolute atomic E-state index is 0.0313. The molecule has 0 atom stereocenters. The van der Waals surface area contributed by atoms with Gasteiger partial charge in [-0.05, 0) is 38.2 Å². The lowest BCUT2D eigenvalue weighted by Gasteiger charge is -2.08. The number of carbonyl (C=O) groups is 1. The second-order valence-corrected chi connectivity index (χ2v) is 6.51. The van der Waals surface area contributed by atoms with Gasteiger partial charge in [0.15, 0.2) is 0 Å². The molecule has 0 aromatic carbocycles. The monoisotopic (exact) mass is 342 g/mol. The number of hydrogen-bond acceptors (Lipinski definition) is 3. The first-order valence-electron chi connectivity index (χ1n) is 8.05. The summed E-state index contributed by atoms with van der Waals surface area (Å²) >= 11 is 1.71. The van der Waals surface area contributed by atoms with Gasteiger partial charge >= 0.3 is 0 Å². The molecule has 1 amide bonds. The third kappa shape index (κ3) is 2.94. The second kappa shape index (κ2) is 7.13. The van der Waals surface area contributed by atoms with Gasteiger partial charge in [-0.3, -0.25) is 4.79 Å². The maximum atomic E-state index is 12.6. The highest BCUT2D eigenvalue weighted by molar-refractivity contribution is 7.98. The highest BCUT2D eigenvalue weighted by atomic mass is 32.2. The number of aromatic nitrogens is 3. The molecule has 3 heterocycles. The van der Waals surface area contributed by atoms with Crippen molar-refractivity contribution in [2.24, 2.45) is 0 Å². The van der Waals surface area contributed by atoms with E-state index in [0.717, 1.165) is 36.3 Å². The summed E-state index contributed by atoms with van der Waals surface area (Å²) in [6, 6.07) is 2.01. The Morgan fingerprint density at radius 1 is 1.54 bits per heavy atom. The van der Waals surface area contributed by atoms with Crippen molar-refractivity contribution in [3.63, 3.8) is 0 Å². The van der Waals surface area contributed by atoms with Crippen LogP contribution in [0.25, 0.3) is 12.3 Å². The normalized spacial score (nSPS) is 13.4. The molecule has 5 nitrogen and oxygen atoms in total. The molecule has 0 aliphatic carbocycles. The largest absolute Gasteiger partial charge is 0.347 e. The zero-order valence-corrected chi connectivity index (χ0v) is 14.9. The van der Waals surface area contributed by atoms with Gasteiger partial charge in [0.1, 0.15) is 5.69 Å². The Morgan fingerprint density at radius 2 is 2.38 bits per heavy atom. The summed E-state index contributed by atoms with van der Waals surface area (Å²) in [5, 5.41) is 7.29. The van der Waals surface area contributed by atoms with E-state index in [-0.39, 0.29) is 5.91 Å². The van der Waals surface area contributed by atoms with Gasteiger partial charge in [-0.25, -0.2) is 4.68 Å². The van der Waals surface area contributed by atoms with Crippen LogP contribution >= 0.6 is 11.8 Å². The number of nitrogens with zero attached hydrogens (tertiary/aromatic N) is 3. The maximum absolute atomic E-state index is 12.6. The number of fused-ring (bicyclic) bond motifs is 1. The summed E-state index contributed by atoms with van der Waals surface area (Å²) in [5.41, 5.74) is 3.97. The van der Waals surface area contributed by atoms with Gasteiger partial charge < -0.3 is 9.88 Å². The van der Waals surface area contributed by atoms with Crippen LogP contribution in [0.5, 0.6) is 0 Å². The van der Waals surface area contributed by atoms with E-state index in [9.17, 15) is 4.79 Å². The van der Waals surface area contributed by atoms with Gasteiger partial charge in [0.2, 0.25) is 0 Å². The molecule has 0 saturated carbocycles. The first-order chi connectivity index (χ1) is 11.7. The summed E-state index contributed by atoms with van der Waals surface area (Å²) in [6.45, 7) is 7.08. The average Bonchev–Trinajstić information content (AvgIpc) is 3.28. The van der Waals surface area contributed by atoms with Crippen LogP contribution in [0.3, 0.4) is 0 Å². The molecule has 1 N–H and O–H groups in total. The quantitative estimate of drug-likeness (QED) is 0.819. The predicted octanol–water partition coefficient (Wildman–Crippen LogP) is 3.42. The van der Waals surface area contributed by atoms with Crippen molar-refractivity contribution in [2.45, 2.75) is 37.8 Å². The molecule has 6 heteroatoms. The fourth-order valence-electron chi connectivity index (χ4n) is 3.14. The number of amides is 1. The van der Waals surface area contributed by atoms with Gasteiger partial charge in [-0.15, -0.1) is 11.8 Å². The highest BCUT2D eigenvalue weighted by Crippen LogP contribution is 2.30. The van der Waals surface area contributed by atoms with Crippen molar-refractivity contribution >= 4 is 29.9 Å². The van der Waals surface area contributed by atoms with E-state index in [4.69, 9.17) is 0 Å². The summed E-state index contributed by atoms with van der Waals surface area (Å²) in [7, 11) is 0. The zero-order chi connectivity index (χ0) is 17.1. The standard InChI is InChI=1S/C18H22N4OS/c1-4-7-14-13(12-20-22(14)5-2)11-19-18(23)16-10-17(24-3)15-8-6-9-21(15)16/h4-5,7,10,12H,2,6,8-9,11H2,1,3H3,(H,19,23)/b7-4-. The Balaban J connectivity index is 1.78. The number of hydrogen-bond donors (Lipinski definition) is 1. The van der Waals surface area contributed by atoms with Gasteiger partial charge in [0, 0.05) is 35.4 Å². The lowest BCUT2D eigenvalue weighted by molar-refractivity contribution is 0.0942. The first kappa shape index (κ1) is 16.6. The number of nitrogens with one attached hydrogen (secondary N) is 1. The van der Waals surface area contributed by atoms with Crippen LogP contribution in [-0.2, 0) is 19.5 Å². The Hall–Kier alpha value is -2.21. The molecule has 0 spiro atoms. The third-order valence-corrected chi connectivity index (χ3v) is 5.06. The molecule has 0 bridgehead atoms. The molecular formula is C18H22N4OS. The Bertz CT molecular complexity index is 800. The molecular weight excluding hydrogens is 320 g/mol. The molecule has 126 valence electrons. The van der Waals surface area contributed by atoms with Crippen LogP contribution in [0.4, 0.5) is 0 Å². The number of rotatable bonds is 6. The maximum Gasteiger partial charge on any atom is 0.268 e. The zero-order valence-electron chi connectivity index (χ0n) is 14.1. The van der Waals surface area contributed by atoms with Crippen LogP contribution in [0.2, 0.25) is 0 Å². The van der Waals surface area contributed by atoms with Gasteiger partial charge in [-0.2, -0.15) is 5.10 Å². The molecule has 0 saturated heterocycles. The van der Waals surface area contributed by atoms with E-state index >= 15 is 0 Å².